The van der Waals surface area contributed by atoms with Gasteiger partial charge in [0.05, 0.1) is 30.8 Å². The van der Waals surface area contributed by atoms with Crippen LogP contribution in [-0.4, -0.2) is 119 Å². The van der Waals surface area contributed by atoms with Crippen molar-refractivity contribution in [3.63, 3.8) is 0 Å². The van der Waals surface area contributed by atoms with E-state index in [4.69, 9.17) is 37.9 Å². The second kappa shape index (κ2) is 20.2. The first-order valence-electron chi connectivity index (χ1n) is 22.5. The van der Waals surface area contributed by atoms with Crippen molar-refractivity contribution in [3.8, 4) is 0 Å². The van der Waals surface area contributed by atoms with Crippen LogP contribution < -0.4 is 0 Å². The Kier molecular flexibility index (Phi) is 15.9. The molecule has 0 amide bonds. The maximum atomic E-state index is 14.8. The van der Waals surface area contributed by atoms with Gasteiger partial charge in [-0.25, -0.2) is 0 Å². The van der Waals surface area contributed by atoms with Crippen LogP contribution in [0.4, 0.5) is 0 Å². The summed E-state index contributed by atoms with van der Waals surface area (Å²) in [7, 11) is 5.89. The minimum Gasteiger partial charge on any atom is -0.462 e. The first-order chi connectivity index (χ1) is 27.0. The number of carbonyl (C=O) groups excluding carboxylic acids is 2. The Labute approximate surface area is 337 Å². The molecule has 320 valence electrons. The Morgan fingerprint density at radius 3 is 2.29 bits per heavy atom. The van der Waals surface area contributed by atoms with E-state index in [9.17, 15) is 9.59 Å². The summed E-state index contributed by atoms with van der Waals surface area (Å²) in [5, 5.41) is 0. The van der Waals surface area contributed by atoms with Gasteiger partial charge in [-0.1, -0.05) is 32.8 Å². The molecule has 0 aromatic heterocycles. The summed E-state index contributed by atoms with van der Waals surface area (Å²) in [4.78, 5) is 30.8. The Balaban J connectivity index is 1.20. The van der Waals surface area contributed by atoms with E-state index in [2.05, 4.69) is 38.9 Å². The number of likely N-dealkylation sites (N-methyl/N-ethyl adjacent to an activating group) is 1. The lowest BCUT2D eigenvalue weighted by atomic mass is 9.66. The number of fused-ring (bicyclic) bond motifs is 5. The molecule has 56 heavy (non-hydrogen) atoms. The van der Waals surface area contributed by atoms with Gasteiger partial charge in [0, 0.05) is 38.2 Å². The molecule has 0 bridgehead atoms. The molecule has 0 N–H and O–H groups in total. The lowest BCUT2D eigenvalue weighted by Crippen LogP contribution is -2.60. The van der Waals surface area contributed by atoms with Crippen molar-refractivity contribution < 1.29 is 47.5 Å². The van der Waals surface area contributed by atoms with E-state index < -0.39 is 12.4 Å². The van der Waals surface area contributed by atoms with Crippen molar-refractivity contribution >= 4 is 11.8 Å². The number of hydrogen-bond acceptors (Lipinski definition) is 11. The Bertz CT molecular complexity index is 1310. The predicted molar refractivity (Wildman–Crippen MR) is 213 cm³/mol. The highest BCUT2D eigenvalue weighted by Crippen LogP contribution is 2.57. The molecular formula is C45H75NO10. The molecule has 11 nitrogen and oxygen atoms in total. The van der Waals surface area contributed by atoms with E-state index in [1.807, 2.05) is 27.7 Å². The summed E-state index contributed by atoms with van der Waals surface area (Å²) in [6, 6.07) is 0.344. The molecule has 2 saturated carbocycles. The van der Waals surface area contributed by atoms with Crippen molar-refractivity contribution in [2.45, 2.75) is 192 Å². The van der Waals surface area contributed by atoms with Crippen LogP contribution in [0.5, 0.6) is 0 Å². The van der Waals surface area contributed by atoms with Crippen LogP contribution >= 0.6 is 0 Å². The maximum Gasteiger partial charge on any atom is 0.306 e. The molecule has 6 unspecified atom stereocenters. The number of esters is 1. The fourth-order valence-corrected chi connectivity index (χ4v) is 11.5. The van der Waals surface area contributed by atoms with Gasteiger partial charge in [0.2, 0.25) is 0 Å². The number of allylic oxidation sites excluding steroid dienone is 2. The number of nitrogens with zero attached hydrogens (tertiary/aromatic N) is 1. The zero-order valence-corrected chi connectivity index (χ0v) is 36.0. The van der Waals surface area contributed by atoms with Crippen molar-refractivity contribution in [3.05, 3.63) is 11.6 Å². The first kappa shape index (κ1) is 44.1. The summed E-state index contributed by atoms with van der Waals surface area (Å²) < 4.78 is 51.0. The second-order valence-electron chi connectivity index (χ2n) is 18.0. The summed E-state index contributed by atoms with van der Waals surface area (Å²) in [6.45, 7) is 13.5. The Morgan fingerprint density at radius 1 is 0.821 bits per heavy atom. The topological polar surface area (TPSA) is 111 Å². The second-order valence-corrected chi connectivity index (χ2v) is 18.0. The molecule has 17 atom stereocenters. The molecule has 6 rings (SSSR count). The summed E-state index contributed by atoms with van der Waals surface area (Å²) in [6.07, 6.45) is 11.1. The summed E-state index contributed by atoms with van der Waals surface area (Å²) >= 11 is 0. The van der Waals surface area contributed by atoms with Gasteiger partial charge in [-0.3, -0.25) is 9.59 Å². The van der Waals surface area contributed by atoms with Gasteiger partial charge >= 0.3 is 5.97 Å². The third-order valence-electron chi connectivity index (χ3n) is 14.3. The number of unbranched alkanes of at least 4 members (excludes halogenated alkanes) is 1. The highest BCUT2D eigenvalue weighted by molar-refractivity contribution is 5.99. The molecule has 3 saturated heterocycles. The number of carbonyl (C=O) groups is 2. The highest BCUT2D eigenvalue weighted by atomic mass is 16.7. The van der Waals surface area contributed by atoms with Gasteiger partial charge in [-0.05, 0) is 135 Å². The van der Waals surface area contributed by atoms with E-state index in [-0.39, 0.29) is 90.9 Å². The molecule has 0 aromatic rings. The lowest BCUT2D eigenvalue weighted by molar-refractivity contribution is -0.319. The summed E-state index contributed by atoms with van der Waals surface area (Å²) in [5.74, 6) is 0.749. The zero-order chi connectivity index (χ0) is 40.1. The average molecular weight is 790 g/mol. The van der Waals surface area contributed by atoms with Gasteiger partial charge in [0.1, 0.15) is 24.4 Å². The zero-order valence-electron chi connectivity index (χ0n) is 36.0. The average Bonchev–Trinajstić information content (AvgIpc) is 3.74. The van der Waals surface area contributed by atoms with Gasteiger partial charge in [-0.15, -0.1) is 0 Å². The predicted octanol–water partition coefficient (Wildman–Crippen LogP) is 7.27. The molecule has 6 aliphatic rings. The molecular weight excluding hydrogens is 714 g/mol. The molecule has 3 aliphatic carbocycles. The minimum atomic E-state index is -0.569. The Morgan fingerprint density at radius 2 is 1.59 bits per heavy atom. The maximum absolute atomic E-state index is 14.8. The molecule has 5 fully saturated rings. The molecule has 3 aliphatic heterocycles. The molecule has 0 radical (unpaired) electrons. The third kappa shape index (κ3) is 9.94. The number of cyclic esters (lactones) is 1. The largest absolute Gasteiger partial charge is 0.462 e. The molecule has 3 heterocycles. The van der Waals surface area contributed by atoms with E-state index in [0.717, 1.165) is 82.6 Å². The fourth-order valence-electron chi connectivity index (χ4n) is 11.5. The standard InChI is InChI=1S/C45H75NO10/c1-10-13-15-30-16-14-17-38(56-40-21-20-37(46(7)8)27(5)52-40)26(4)41(48)36-24-34-32(35(36)25-39(47)54-30)19-18-29-22-31(23-33(29)34)55-45-44(49-9)43(51-12-3)42(50-11-2)28(6)53-45/h24,26-35,37-38,40,42-45H,10-23,25H2,1-9H3/t26-,27-,28+,29?,30+,31+,32?,33?,34?,35?,37+,38+,40?,42+,43-,44-,45+/m1/s1. The molecule has 0 spiro atoms. The fraction of sp³-hybridized carbons (Fsp3) is 0.911. The highest BCUT2D eigenvalue weighted by Gasteiger charge is 2.54. The number of ether oxygens (including phenoxy) is 8. The van der Waals surface area contributed by atoms with E-state index in [0.29, 0.717) is 31.1 Å². The number of methoxy groups -OCH3 is 1. The van der Waals surface area contributed by atoms with Crippen LogP contribution in [-0.2, 0) is 47.5 Å². The van der Waals surface area contributed by atoms with Crippen molar-refractivity contribution in [1.29, 1.82) is 0 Å². The van der Waals surface area contributed by atoms with Crippen molar-refractivity contribution in [1.82, 2.24) is 4.90 Å². The first-order valence-corrected chi connectivity index (χ1v) is 22.5. The minimum absolute atomic E-state index is 0.00352. The van der Waals surface area contributed by atoms with Crippen LogP contribution in [0.3, 0.4) is 0 Å². The van der Waals surface area contributed by atoms with Crippen molar-refractivity contribution in [2.24, 2.45) is 35.5 Å². The van der Waals surface area contributed by atoms with Crippen LogP contribution in [0.2, 0.25) is 0 Å². The van der Waals surface area contributed by atoms with Crippen LogP contribution in [0.15, 0.2) is 11.6 Å². The lowest BCUT2D eigenvalue weighted by Gasteiger charge is -2.45. The van der Waals surface area contributed by atoms with Crippen molar-refractivity contribution in [2.75, 3.05) is 34.4 Å². The summed E-state index contributed by atoms with van der Waals surface area (Å²) in [5.41, 5.74) is 0.824. The normalized spacial score (nSPS) is 43.6. The molecule has 0 aromatic carbocycles. The Hall–Kier alpha value is -1.44. The quantitative estimate of drug-likeness (QED) is 0.176. The SMILES string of the molecule is CCCC[C@H]1CCC[C@H](OC2CC[C@H](N(C)C)[C@@H](C)O2)[C@@H](C)C(=O)C2=CC3C4C[C@@H](O[C@@H]5O[C@@H](C)[C@H](OCC)[C@@H](OCC)[C@H]5OC)CC4CCC3C2CC(=O)O1. The van der Waals surface area contributed by atoms with E-state index >= 15 is 0 Å². The van der Waals surface area contributed by atoms with Gasteiger partial charge in [-0.2, -0.15) is 0 Å². The van der Waals surface area contributed by atoms with Crippen LogP contribution in [0.1, 0.15) is 125 Å². The smallest absolute Gasteiger partial charge is 0.306 e. The number of hydrogen-bond donors (Lipinski definition) is 0. The van der Waals surface area contributed by atoms with Crippen LogP contribution in [0, 0.1) is 35.5 Å². The van der Waals surface area contributed by atoms with E-state index in [1.54, 1.807) is 7.11 Å². The number of ketones is 1. The van der Waals surface area contributed by atoms with Gasteiger partial charge in [0.15, 0.2) is 18.4 Å². The van der Waals surface area contributed by atoms with Crippen LogP contribution in [0.25, 0.3) is 0 Å². The van der Waals surface area contributed by atoms with Gasteiger partial charge in [0.25, 0.3) is 0 Å². The molecule has 11 heteroatoms. The van der Waals surface area contributed by atoms with E-state index in [1.165, 1.54) is 0 Å². The number of Topliss-reactive ketones (excluding diaryl/α,β-unsaturated/α-hetero) is 1. The monoisotopic (exact) mass is 790 g/mol. The van der Waals surface area contributed by atoms with Gasteiger partial charge < -0.3 is 42.8 Å². The number of rotatable bonds is 13. The third-order valence-corrected chi connectivity index (χ3v) is 14.3.